The van der Waals surface area contributed by atoms with Crippen molar-refractivity contribution in [2.75, 3.05) is 13.7 Å². The molecule has 0 aromatic heterocycles. The Bertz CT molecular complexity index is 590. The number of aldehydes is 1. The Morgan fingerprint density at radius 3 is 2.74 bits per heavy atom. The minimum absolute atomic E-state index is 0.0206. The highest BCUT2D eigenvalue weighted by atomic mass is 16.5. The van der Waals surface area contributed by atoms with Gasteiger partial charge < -0.3 is 14.6 Å². The van der Waals surface area contributed by atoms with Crippen LogP contribution in [0.1, 0.15) is 23.5 Å². The summed E-state index contributed by atoms with van der Waals surface area (Å²) in [5.41, 5.74) is 2.13. The highest BCUT2D eigenvalue weighted by Gasteiger charge is 2.11. The smallest absolute Gasteiger partial charge is 0.120 e. The van der Waals surface area contributed by atoms with E-state index in [1.165, 1.54) is 0 Å². The van der Waals surface area contributed by atoms with Crippen LogP contribution in [0.5, 0.6) is 5.75 Å². The summed E-state index contributed by atoms with van der Waals surface area (Å²) >= 11 is 0. The Kier molecular flexibility index (Phi) is 4.17. The van der Waals surface area contributed by atoms with Gasteiger partial charge >= 0.3 is 0 Å². The average Bonchev–Trinajstić information content (AvgIpc) is 2.43. The number of aliphatic hydroxyl groups excluding tert-OH is 1. The zero-order valence-electron chi connectivity index (χ0n) is 11.2. The molecular weight excluding hydrogens is 240 g/mol. The van der Waals surface area contributed by atoms with Gasteiger partial charge in [-0.2, -0.15) is 0 Å². The van der Waals surface area contributed by atoms with Gasteiger partial charge in [0.1, 0.15) is 12.0 Å². The number of hydrogen-bond acceptors (Lipinski definition) is 3. The highest BCUT2D eigenvalue weighted by molar-refractivity contribution is 5.87. The summed E-state index contributed by atoms with van der Waals surface area (Å²) in [6.45, 7) is 2.02. The lowest BCUT2D eigenvalue weighted by Gasteiger charge is -2.13. The van der Waals surface area contributed by atoms with E-state index in [0.29, 0.717) is 6.42 Å². The van der Waals surface area contributed by atoms with Gasteiger partial charge in [-0.05, 0) is 41.0 Å². The van der Waals surface area contributed by atoms with Crippen LogP contribution >= 0.6 is 0 Å². The lowest BCUT2D eigenvalue weighted by atomic mass is 9.93. The number of aryl methyl sites for hydroxylation is 1. The number of aliphatic hydroxyl groups is 1. The Hall–Kier alpha value is -1.87. The summed E-state index contributed by atoms with van der Waals surface area (Å²) in [6, 6.07) is 10.0. The van der Waals surface area contributed by atoms with Crippen molar-refractivity contribution < 1.29 is 14.6 Å². The third kappa shape index (κ3) is 2.76. The molecule has 3 heteroatoms. The maximum atomic E-state index is 10.6. The Labute approximate surface area is 112 Å². The molecule has 1 unspecified atom stereocenters. The second-order valence-electron chi connectivity index (χ2n) is 4.71. The van der Waals surface area contributed by atoms with Gasteiger partial charge in [0, 0.05) is 12.3 Å². The zero-order valence-corrected chi connectivity index (χ0v) is 11.2. The Morgan fingerprint density at radius 1 is 1.32 bits per heavy atom. The Balaban J connectivity index is 2.52. The summed E-state index contributed by atoms with van der Waals surface area (Å²) in [7, 11) is 1.65. The van der Waals surface area contributed by atoms with Gasteiger partial charge in [-0.25, -0.2) is 0 Å². The number of hydrogen-bond donors (Lipinski definition) is 1. The van der Waals surface area contributed by atoms with Crippen LogP contribution < -0.4 is 4.74 Å². The van der Waals surface area contributed by atoms with E-state index in [4.69, 9.17) is 4.74 Å². The lowest BCUT2D eigenvalue weighted by molar-refractivity contribution is -0.108. The molecule has 0 aliphatic carbocycles. The average molecular weight is 258 g/mol. The minimum Gasteiger partial charge on any atom is -0.497 e. The van der Waals surface area contributed by atoms with Gasteiger partial charge in [-0.15, -0.1) is 0 Å². The van der Waals surface area contributed by atoms with Crippen molar-refractivity contribution >= 4 is 17.1 Å². The second-order valence-corrected chi connectivity index (χ2v) is 4.71. The van der Waals surface area contributed by atoms with E-state index in [2.05, 4.69) is 0 Å². The number of carbonyl (C=O) groups excluding carboxylic acids is 1. The maximum absolute atomic E-state index is 10.6. The van der Waals surface area contributed by atoms with E-state index < -0.39 is 0 Å². The van der Waals surface area contributed by atoms with Crippen molar-refractivity contribution in [1.82, 2.24) is 0 Å². The van der Waals surface area contributed by atoms with Crippen LogP contribution in [0.2, 0.25) is 0 Å². The first-order chi connectivity index (χ1) is 9.19. The fraction of sp³-hybridized carbons (Fsp3) is 0.312. The van der Waals surface area contributed by atoms with Gasteiger partial charge in [0.25, 0.3) is 0 Å². The molecule has 2 aromatic rings. The molecule has 2 aromatic carbocycles. The van der Waals surface area contributed by atoms with Crippen LogP contribution in [0.3, 0.4) is 0 Å². The standard InChI is InChI=1S/C16H18O3/c1-11-7-15(19-2)9-14-8-12(3-4-16(11)14)13(10-18)5-6-17/h3-4,6-9,13,18H,5,10H2,1-2H3. The first kappa shape index (κ1) is 13.6. The number of methoxy groups -OCH3 is 1. The van der Waals surface area contributed by atoms with Crippen LogP contribution in [0.25, 0.3) is 10.8 Å². The fourth-order valence-electron chi connectivity index (χ4n) is 2.35. The van der Waals surface area contributed by atoms with Gasteiger partial charge in [-0.1, -0.05) is 18.2 Å². The summed E-state index contributed by atoms with van der Waals surface area (Å²) in [4.78, 5) is 10.6. The van der Waals surface area contributed by atoms with Gasteiger partial charge in [0.15, 0.2) is 0 Å². The summed E-state index contributed by atoms with van der Waals surface area (Å²) in [5.74, 6) is 0.687. The second kappa shape index (κ2) is 5.85. The van der Waals surface area contributed by atoms with Crippen LogP contribution in [0.15, 0.2) is 30.3 Å². The van der Waals surface area contributed by atoms with Crippen molar-refractivity contribution in [3.63, 3.8) is 0 Å². The van der Waals surface area contributed by atoms with Crippen LogP contribution in [0, 0.1) is 6.92 Å². The molecule has 0 radical (unpaired) electrons. The first-order valence-electron chi connectivity index (χ1n) is 6.32. The van der Waals surface area contributed by atoms with Gasteiger partial charge in [0.2, 0.25) is 0 Å². The number of ether oxygens (including phenoxy) is 1. The topological polar surface area (TPSA) is 46.5 Å². The summed E-state index contributed by atoms with van der Waals surface area (Å²) < 4.78 is 5.27. The zero-order chi connectivity index (χ0) is 13.8. The summed E-state index contributed by atoms with van der Waals surface area (Å²) in [5, 5.41) is 11.6. The molecule has 0 bridgehead atoms. The minimum atomic E-state index is -0.131. The molecule has 0 fully saturated rings. The monoisotopic (exact) mass is 258 g/mol. The third-order valence-electron chi connectivity index (χ3n) is 3.47. The normalized spacial score (nSPS) is 12.4. The molecule has 19 heavy (non-hydrogen) atoms. The molecule has 1 atom stereocenters. The van der Waals surface area contributed by atoms with E-state index in [0.717, 1.165) is 33.9 Å². The lowest BCUT2D eigenvalue weighted by Crippen LogP contribution is -2.04. The molecule has 0 saturated heterocycles. The number of rotatable bonds is 5. The predicted molar refractivity (Wildman–Crippen MR) is 75.7 cm³/mol. The molecule has 0 saturated carbocycles. The molecule has 0 heterocycles. The first-order valence-corrected chi connectivity index (χ1v) is 6.32. The number of benzene rings is 2. The predicted octanol–water partition coefficient (Wildman–Crippen LogP) is 2.82. The van der Waals surface area contributed by atoms with Crippen molar-refractivity contribution in [1.29, 1.82) is 0 Å². The van der Waals surface area contributed by atoms with Crippen LogP contribution in [-0.4, -0.2) is 25.1 Å². The van der Waals surface area contributed by atoms with E-state index in [-0.39, 0.29) is 12.5 Å². The largest absolute Gasteiger partial charge is 0.497 e. The Morgan fingerprint density at radius 2 is 2.11 bits per heavy atom. The van der Waals surface area contributed by atoms with Gasteiger partial charge in [0.05, 0.1) is 13.7 Å². The van der Waals surface area contributed by atoms with Crippen molar-refractivity contribution in [2.24, 2.45) is 0 Å². The van der Waals surface area contributed by atoms with Crippen molar-refractivity contribution in [3.8, 4) is 5.75 Å². The quantitative estimate of drug-likeness (QED) is 0.839. The van der Waals surface area contributed by atoms with Crippen molar-refractivity contribution in [3.05, 3.63) is 41.5 Å². The number of carbonyl (C=O) groups is 1. The third-order valence-corrected chi connectivity index (χ3v) is 3.47. The molecule has 1 N–H and O–H groups in total. The van der Waals surface area contributed by atoms with Crippen molar-refractivity contribution in [2.45, 2.75) is 19.3 Å². The molecule has 100 valence electrons. The SMILES string of the molecule is COc1cc(C)c2ccc(C(CO)CC=O)cc2c1. The summed E-state index contributed by atoms with van der Waals surface area (Å²) in [6.07, 6.45) is 1.19. The van der Waals surface area contributed by atoms with Gasteiger partial charge in [-0.3, -0.25) is 0 Å². The number of fused-ring (bicyclic) bond motifs is 1. The van der Waals surface area contributed by atoms with E-state index >= 15 is 0 Å². The highest BCUT2D eigenvalue weighted by Crippen LogP contribution is 2.28. The van der Waals surface area contributed by atoms with Crippen LogP contribution in [0.4, 0.5) is 0 Å². The van der Waals surface area contributed by atoms with E-state index in [1.54, 1.807) is 7.11 Å². The van der Waals surface area contributed by atoms with E-state index in [9.17, 15) is 9.90 Å². The molecule has 0 spiro atoms. The molecule has 2 rings (SSSR count). The molecular formula is C16H18O3. The molecule has 0 aliphatic rings. The fourth-order valence-corrected chi connectivity index (χ4v) is 2.35. The molecule has 3 nitrogen and oxygen atoms in total. The molecule has 0 amide bonds. The van der Waals surface area contributed by atoms with Crippen LogP contribution in [-0.2, 0) is 4.79 Å². The van der Waals surface area contributed by atoms with E-state index in [1.807, 2.05) is 37.3 Å². The molecule has 0 aliphatic heterocycles. The maximum Gasteiger partial charge on any atom is 0.120 e.